The zero-order valence-electron chi connectivity index (χ0n) is 37.4. The fraction of sp³-hybridized carbons (Fsp3) is 0.100. The van der Waals surface area contributed by atoms with Gasteiger partial charge in [0.1, 0.15) is 11.2 Å². The minimum Gasteiger partial charge on any atom is -0.455 e. The highest BCUT2D eigenvalue weighted by Crippen LogP contribution is 2.63. The van der Waals surface area contributed by atoms with Crippen LogP contribution in [-0.2, 0) is 10.8 Å². The summed E-state index contributed by atoms with van der Waals surface area (Å²) in [7, 11) is 0. The molecule has 0 saturated carbocycles. The molecule has 0 atom stereocenters. The van der Waals surface area contributed by atoms with Crippen molar-refractivity contribution in [2.24, 2.45) is 0 Å². The lowest BCUT2D eigenvalue weighted by molar-refractivity contribution is 0.600. The summed E-state index contributed by atoms with van der Waals surface area (Å²) in [5, 5.41) is 2.25. The van der Waals surface area contributed by atoms with Gasteiger partial charge in [0, 0.05) is 60.5 Å². The largest absolute Gasteiger partial charge is 0.455 e. The summed E-state index contributed by atoms with van der Waals surface area (Å²) in [6.45, 7) is 9.47. The summed E-state index contributed by atoms with van der Waals surface area (Å²) in [4.78, 5) is 30.5. The van der Waals surface area contributed by atoms with Crippen LogP contribution in [-0.4, -0.2) is 29.9 Å². The Morgan fingerprint density at radius 2 is 0.687 bits per heavy atom. The Morgan fingerprint density at radius 3 is 1.10 bits per heavy atom. The van der Waals surface area contributed by atoms with Crippen LogP contribution in [0, 0.1) is 0 Å². The molecule has 2 aliphatic carbocycles. The van der Waals surface area contributed by atoms with Crippen LogP contribution in [0.15, 0.2) is 186 Å². The minimum atomic E-state index is -0.430. The van der Waals surface area contributed by atoms with Gasteiger partial charge in [-0.3, -0.25) is 0 Å². The molecule has 0 amide bonds. The number of rotatable bonds is 6. The number of fused-ring (bicyclic) bond motifs is 12. The SMILES string of the molecule is CC1(C)c2cc(-c3nc(-c4ccccc4)nc(-c4ccccc4)n3)ccc2-c2c1c1c(c3c2oc2ccccc23)-c2ccc(-c3nc(-c4ccccc4)nc(-c4ccccc4)n3)cc2C1(C)C. The standard InChI is InChI=1S/C60H42N6O/c1-59(2)44-33-39(57-63-53(35-19-9-5-10-20-35)61-54(64-57)36-21-11-6-12-22-36)29-31-41(44)47-48-43-27-17-18-28-46(43)67-52(48)49-42-32-30-40(34-45(42)60(3,4)51(49)50(47)59)58-65-55(37-23-13-7-14-24-37)62-56(66-58)38-25-15-8-16-26-38/h5-34H,1-4H3. The fourth-order valence-corrected chi connectivity index (χ4v) is 10.7. The van der Waals surface area contributed by atoms with Gasteiger partial charge in [-0.15, -0.1) is 0 Å². The monoisotopic (exact) mass is 862 g/mol. The summed E-state index contributed by atoms with van der Waals surface area (Å²) in [6, 6.07) is 62.6. The van der Waals surface area contributed by atoms with Crippen molar-refractivity contribution in [2.45, 2.75) is 38.5 Å². The third-order valence-corrected chi connectivity index (χ3v) is 13.9. The molecule has 8 aromatic carbocycles. The maximum Gasteiger partial charge on any atom is 0.164 e. The average molecular weight is 863 g/mol. The number of benzene rings is 8. The molecule has 3 aromatic heterocycles. The molecule has 0 saturated heterocycles. The summed E-state index contributed by atoms with van der Waals surface area (Å²) >= 11 is 0. The molecule has 0 bridgehead atoms. The molecule has 13 rings (SSSR count). The highest BCUT2D eigenvalue weighted by Gasteiger charge is 2.49. The van der Waals surface area contributed by atoms with Crippen LogP contribution in [0.3, 0.4) is 0 Å². The van der Waals surface area contributed by atoms with Crippen LogP contribution in [0.25, 0.3) is 113 Å². The maximum atomic E-state index is 7.04. The molecule has 67 heavy (non-hydrogen) atoms. The second-order valence-electron chi connectivity index (χ2n) is 18.6. The summed E-state index contributed by atoms with van der Waals surface area (Å²) in [5.41, 5.74) is 16.4. The molecule has 0 fully saturated rings. The number of para-hydroxylation sites is 1. The Balaban J connectivity index is 1.01. The summed E-state index contributed by atoms with van der Waals surface area (Å²) in [6.07, 6.45) is 0. The minimum absolute atomic E-state index is 0.416. The second kappa shape index (κ2) is 14.5. The van der Waals surface area contributed by atoms with Crippen molar-refractivity contribution in [1.82, 2.24) is 29.9 Å². The first-order chi connectivity index (χ1) is 32.7. The molecule has 0 spiro atoms. The van der Waals surface area contributed by atoms with Crippen molar-refractivity contribution in [1.29, 1.82) is 0 Å². The zero-order chi connectivity index (χ0) is 45.0. The van der Waals surface area contributed by atoms with Gasteiger partial charge in [0.15, 0.2) is 34.9 Å². The van der Waals surface area contributed by atoms with Crippen molar-refractivity contribution in [3.05, 3.63) is 204 Å². The summed E-state index contributed by atoms with van der Waals surface area (Å²) in [5.74, 6) is 3.82. The van der Waals surface area contributed by atoms with Crippen LogP contribution in [0.2, 0.25) is 0 Å². The van der Waals surface area contributed by atoms with Gasteiger partial charge in [-0.1, -0.05) is 191 Å². The predicted molar refractivity (Wildman–Crippen MR) is 268 cm³/mol. The maximum absolute atomic E-state index is 7.04. The van der Waals surface area contributed by atoms with Crippen LogP contribution in [0.1, 0.15) is 49.9 Å². The van der Waals surface area contributed by atoms with Crippen LogP contribution >= 0.6 is 0 Å². The normalized spacial score (nSPS) is 13.9. The van der Waals surface area contributed by atoms with E-state index in [1.54, 1.807) is 0 Å². The third-order valence-electron chi connectivity index (χ3n) is 13.9. The quantitative estimate of drug-likeness (QED) is 0.164. The molecular weight excluding hydrogens is 821 g/mol. The third kappa shape index (κ3) is 5.97. The first kappa shape index (κ1) is 39.0. The number of nitrogens with zero attached hydrogens (tertiary/aromatic N) is 6. The number of furan rings is 1. The zero-order valence-corrected chi connectivity index (χ0v) is 37.4. The van der Waals surface area contributed by atoms with E-state index < -0.39 is 10.8 Å². The Labute approximate surface area is 388 Å². The van der Waals surface area contributed by atoms with E-state index in [4.69, 9.17) is 34.3 Å². The molecule has 11 aromatic rings. The highest BCUT2D eigenvalue weighted by atomic mass is 16.3. The van der Waals surface area contributed by atoms with Crippen molar-refractivity contribution in [2.75, 3.05) is 0 Å². The van der Waals surface area contributed by atoms with Crippen LogP contribution < -0.4 is 0 Å². The molecular formula is C60H42N6O. The topological polar surface area (TPSA) is 90.5 Å². The molecule has 0 aliphatic heterocycles. The molecule has 0 N–H and O–H groups in total. The van der Waals surface area contributed by atoms with Gasteiger partial charge in [0.05, 0.1) is 0 Å². The number of hydrogen-bond acceptors (Lipinski definition) is 7. The van der Waals surface area contributed by atoms with E-state index in [2.05, 4.69) is 88.4 Å². The molecule has 7 nitrogen and oxygen atoms in total. The Morgan fingerprint density at radius 1 is 0.343 bits per heavy atom. The molecule has 3 heterocycles. The van der Waals surface area contributed by atoms with Gasteiger partial charge in [-0.2, -0.15) is 0 Å². The van der Waals surface area contributed by atoms with E-state index >= 15 is 0 Å². The van der Waals surface area contributed by atoms with Crippen molar-refractivity contribution in [3.8, 4) is 90.6 Å². The van der Waals surface area contributed by atoms with Gasteiger partial charge in [-0.25, -0.2) is 29.9 Å². The van der Waals surface area contributed by atoms with Gasteiger partial charge in [0.25, 0.3) is 0 Å². The van der Waals surface area contributed by atoms with E-state index in [1.165, 1.54) is 33.4 Å². The predicted octanol–water partition coefficient (Wildman–Crippen LogP) is 14.6. The van der Waals surface area contributed by atoms with Crippen molar-refractivity contribution >= 4 is 21.9 Å². The Bertz CT molecular complexity index is 3670. The van der Waals surface area contributed by atoms with E-state index in [9.17, 15) is 0 Å². The van der Waals surface area contributed by atoms with Gasteiger partial charge < -0.3 is 4.42 Å². The van der Waals surface area contributed by atoms with Crippen LogP contribution in [0.4, 0.5) is 0 Å². The van der Waals surface area contributed by atoms with Gasteiger partial charge in [0.2, 0.25) is 0 Å². The molecule has 7 heteroatoms. The van der Waals surface area contributed by atoms with Crippen molar-refractivity contribution in [3.63, 3.8) is 0 Å². The van der Waals surface area contributed by atoms with E-state index in [0.717, 1.165) is 66.4 Å². The van der Waals surface area contributed by atoms with E-state index in [0.29, 0.717) is 34.9 Å². The smallest absolute Gasteiger partial charge is 0.164 e. The summed E-state index contributed by atoms with van der Waals surface area (Å²) < 4.78 is 7.04. The molecule has 0 radical (unpaired) electrons. The van der Waals surface area contributed by atoms with E-state index in [1.807, 2.05) is 121 Å². The highest BCUT2D eigenvalue weighted by molar-refractivity contribution is 6.21. The first-order valence-electron chi connectivity index (χ1n) is 22.8. The Kier molecular flexibility index (Phi) is 8.46. The number of hydrogen-bond donors (Lipinski definition) is 0. The lowest BCUT2D eigenvalue weighted by Crippen LogP contribution is -2.24. The fourth-order valence-electron chi connectivity index (χ4n) is 10.7. The number of aromatic nitrogens is 6. The van der Waals surface area contributed by atoms with Crippen LogP contribution in [0.5, 0.6) is 0 Å². The molecule has 318 valence electrons. The lowest BCUT2D eigenvalue weighted by Gasteiger charge is -2.31. The average Bonchev–Trinajstić information content (AvgIpc) is 3.96. The van der Waals surface area contributed by atoms with E-state index in [-0.39, 0.29) is 0 Å². The first-order valence-corrected chi connectivity index (χ1v) is 22.8. The lowest BCUT2D eigenvalue weighted by atomic mass is 9.72. The van der Waals surface area contributed by atoms with Gasteiger partial charge in [-0.05, 0) is 57.1 Å². The van der Waals surface area contributed by atoms with Crippen molar-refractivity contribution < 1.29 is 4.42 Å². The molecule has 2 aliphatic rings. The Hall–Kier alpha value is -8.42. The molecule has 0 unspecified atom stereocenters. The van der Waals surface area contributed by atoms with Gasteiger partial charge >= 0.3 is 0 Å². The second-order valence-corrected chi connectivity index (χ2v) is 18.6.